The quantitative estimate of drug-likeness (QED) is 0.582. The van der Waals surface area contributed by atoms with E-state index in [9.17, 15) is 4.79 Å². The Kier molecular flexibility index (Phi) is 5.44. The highest BCUT2D eigenvalue weighted by Crippen LogP contribution is 2.31. The Hall–Kier alpha value is -2.62. The molecule has 4 N–H and O–H groups in total. The number of halogens is 1. The minimum Gasteiger partial charge on any atom is -0.347 e. The maximum absolute atomic E-state index is 12.9. The summed E-state index contributed by atoms with van der Waals surface area (Å²) in [6.45, 7) is 0.745. The molecule has 29 heavy (non-hydrogen) atoms. The molecule has 0 spiro atoms. The van der Waals surface area contributed by atoms with Gasteiger partial charge in [-0.15, -0.1) is 24.2 Å². The van der Waals surface area contributed by atoms with Crippen molar-refractivity contribution in [1.29, 1.82) is 0 Å². The lowest BCUT2D eigenvalue weighted by Gasteiger charge is -2.26. The maximum atomic E-state index is 12.9. The smallest absolute Gasteiger partial charge is 0.259 e. The second-order valence-electron chi connectivity index (χ2n) is 6.84. The summed E-state index contributed by atoms with van der Waals surface area (Å²) in [5.74, 6) is 1.38. The number of thioether (sulfide) groups is 1. The van der Waals surface area contributed by atoms with Crippen molar-refractivity contribution in [3.63, 3.8) is 0 Å². The average Bonchev–Trinajstić information content (AvgIpc) is 3.33. The number of aromatic nitrogens is 4. The minimum atomic E-state index is -0.184. The van der Waals surface area contributed by atoms with E-state index in [0.717, 1.165) is 24.3 Å². The molecule has 0 radical (unpaired) electrons. The number of H-pyrrole nitrogens is 1. The van der Waals surface area contributed by atoms with Crippen LogP contribution in [0.1, 0.15) is 17.2 Å². The van der Waals surface area contributed by atoms with Gasteiger partial charge in [-0.2, -0.15) is 0 Å². The number of carbonyl (C=O) groups excluding carboxylic acids is 1. The Morgan fingerprint density at radius 1 is 1.28 bits per heavy atom. The van der Waals surface area contributed by atoms with E-state index in [1.807, 2.05) is 29.3 Å². The summed E-state index contributed by atoms with van der Waals surface area (Å²) in [5, 5.41) is 3.12. The van der Waals surface area contributed by atoms with E-state index in [1.165, 1.54) is 11.9 Å². The molecule has 10 heteroatoms. The number of nitrogens with zero attached hydrogens (tertiary/aromatic N) is 4. The van der Waals surface area contributed by atoms with Crippen LogP contribution in [-0.4, -0.2) is 44.2 Å². The van der Waals surface area contributed by atoms with Gasteiger partial charge in [0.15, 0.2) is 17.0 Å². The fraction of sp³-hybridized carbons (Fsp3) is 0.263. The Morgan fingerprint density at radius 3 is 3.00 bits per heavy atom. The summed E-state index contributed by atoms with van der Waals surface area (Å²) in [6.07, 6.45) is 5.69. The van der Waals surface area contributed by atoms with Crippen LogP contribution in [0.15, 0.2) is 48.0 Å². The molecule has 8 nitrogen and oxygen atoms in total. The number of hydrogen-bond acceptors (Lipinski definition) is 7. The fourth-order valence-electron chi connectivity index (χ4n) is 3.76. The number of anilines is 1. The first kappa shape index (κ1) is 19.7. The first-order valence-electron chi connectivity index (χ1n) is 9.10. The Balaban J connectivity index is 0.00000205. The van der Waals surface area contributed by atoms with Crippen LogP contribution >= 0.6 is 24.2 Å². The molecule has 0 saturated heterocycles. The van der Waals surface area contributed by atoms with Gasteiger partial charge in [-0.25, -0.2) is 15.0 Å². The van der Waals surface area contributed by atoms with E-state index in [2.05, 4.69) is 31.3 Å². The molecule has 2 aliphatic rings. The monoisotopic (exact) mass is 429 g/mol. The summed E-state index contributed by atoms with van der Waals surface area (Å²) in [7, 11) is 0. The third kappa shape index (κ3) is 3.57. The van der Waals surface area contributed by atoms with E-state index < -0.39 is 0 Å². The van der Waals surface area contributed by atoms with Crippen molar-refractivity contribution in [1.82, 2.24) is 25.3 Å². The van der Waals surface area contributed by atoms with E-state index >= 15 is 0 Å². The van der Waals surface area contributed by atoms with Gasteiger partial charge in [-0.1, -0.05) is 24.3 Å². The lowest BCUT2D eigenvalue weighted by molar-refractivity contribution is -0.117. The van der Waals surface area contributed by atoms with Gasteiger partial charge in [-0.05, 0) is 17.5 Å². The van der Waals surface area contributed by atoms with Gasteiger partial charge in [0.2, 0.25) is 0 Å². The fourth-order valence-corrected chi connectivity index (χ4v) is 4.66. The van der Waals surface area contributed by atoms with Gasteiger partial charge in [0.25, 0.3) is 5.91 Å². The molecule has 1 aromatic carbocycles. The van der Waals surface area contributed by atoms with Crippen molar-refractivity contribution in [3.8, 4) is 0 Å². The normalized spacial score (nSPS) is 20.7. The maximum Gasteiger partial charge on any atom is 0.259 e. The SMILES string of the molecule is Cl.N[C@H]1c2ccccc2C[C@H]1NC(=O)C1=CN(c2ncnc3[nH]cnc23)CCS1. The minimum absolute atomic E-state index is 0. The van der Waals surface area contributed by atoms with Crippen molar-refractivity contribution in [2.45, 2.75) is 18.5 Å². The second kappa shape index (κ2) is 8.02. The van der Waals surface area contributed by atoms with Crippen LogP contribution in [-0.2, 0) is 11.2 Å². The summed E-state index contributed by atoms with van der Waals surface area (Å²) in [5.41, 5.74) is 10.0. The van der Waals surface area contributed by atoms with E-state index in [1.54, 1.807) is 18.1 Å². The molecule has 1 aliphatic carbocycles. The molecule has 0 bridgehead atoms. The number of rotatable bonds is 3. The summed E-state index contributed by atoms with van der Waals surface area (Å²) in [4.78, 5) is 31.3. The number of nitrogens with two attached hydrogens (primary N) is 1. The average molecular weight is 430 g/mol. The molecule has 5 rings (SSSR count). The van der Waals surface area contributed by atoms with Crippen LogP contribution in [0.4, 0.5) is 5.82 Å². The standard InChI is InChI=1S/C19H19N7OS.ClH/c20-15-12-4-2-1-3-11(12)7-13(15)25-19(27)14-8-26(5-6-28-14)18-16-17(22-9-21-16)23-10-24-18;/h1-4,8-10,13,15H,5-7,20H2,(H,25,27)(H,21,22,23,24);1H/t13-,15+;/m1./s1. The van der Waals surface area contributed by atoms with Crippen LogP contribution < -0.4 is 16.0 Å². The molecule has 150 valence electrons. The van der Waals surface area contributed by atoms with Crippen molar-refractivity contribution < 1.29 is 4.79 Å². The van der Waals surface area contributed by atoms with Crippen molar-refractivity contribution in [2.75, 3.05) is 17.2 Å². The number of imidazole rings is 1. The first-order valence-corrected chi connectivity index (χ1v) is 10.1. The van der Waals surface area contributed by atoms with Gasteiger partial charge in [0.05, 0.1) is 23.3 Å². The summed E-state index contributed by atoms with van der Waals surface area (Å²) in [6, 6.07) is 7.81. The van der Waals surface area contributed by atoms with Gasteiger partial charge >= 0.3 is 0 Å². The van der Waals surface area contributed by atoms with Crippen LogP contribution in [0, 0.1) is 0 Å². The number of hydrogen-bond donors (Lipinski definition) is 3. The Labute approximate surface area is 177 Å². The molecule has 2 aromatic heterocycles. The second-order valence-corrected chi connectivity index (χ2v) is 7.98. The first-order chi connectivity index (χ1) is 13.7. The molecule has 3 heterocycles. The topological polar surface area (TPSA) is 113 Å². The molecule has 0 fully saturated rings. The molecule has 0 unspecified atom stereocenters. The Morgan fingerprint density at radius 2 is 2.14 bits per heavy atom. The van der Waals surface area contributed by atoms with Crippen molar-refractivity contribution in [3.05, 3.63) is 59.2 Å². The number of aromatic amines is 1. The van der Waals surface area contributed by atoms with Gasteiger partial charge < -0.3 is 20.9 Å². The van der Waals surface area contributed by atoms with Crippen LogP contribution in [0.2, 0.25) is 0 Å². The zero-order valence-corrected chi connectivity index (χ0v) is 17.0. The largest absolute Gasteiger partial charge is 0.347 e. The Bertz CT molecular complexity index is 1090. The number of fused-ring (bicyclic) bond motifs is 2. The number of nitrogens with one attached hydrogen (secondary N) is 2. The van der Waals surface area contributed by atoms with E-state index in [4.69, 9.17) is 5.73 Å². The van der Waals surface area contributed by atoms with Crippen molar-refractivity contribution in [2.24, 2.45) is 5.73 Å². The van der Waals surface area contributed by atoms with Gasteiger partial charge in [-0.3, -0.25) is 4.79 Å². The van der Waals surface area contributed by atoms with Crippen LogP contribution in [0.25, 0.3) is 11.2 Å². The van der Waals surface area contributed by atoms with E-state index in [0.29, 0.717) is 21.9 Å². The van der Waals surface area contributed by atoms with Gasteiger partial charge in [0.1, 0.15) is 6.33 Å². The highest BCUT2D eigenvalue weighted by Gasteiger charge is 2.31. The lowest BCUT2D eigenvalue weighted by atomic mass is 10.1. The number of amides is 1. The number of carbonyl (C=O) groups is 1. The van der Waals surface area contributed by atoms with Gasteiger partial charge in [0, 0.05) is 18.5 Å². The predicted molar refractivity (Wildman–Crippen MR) is 116 cm³/mol. The summed E-state index contributed by atoms with van der Waals surface area (Å²) < 4.78 is 0. The molecule has 1 amide bonds. The third-order valence-electron chi connectivity index (χ3n) is 5.16. The molecule has 0 saturated carbocycles. The third-order valence-corrected chi connectivity index (χ3v) is 6.15. The zero-order chi connectivity index (χ0) is 19.1. The van der Waals surface area contributed by atoms with Crippen LogP contribution in [0.5, 0.6) is 0 Å². The van der Waals surface area contributed by atoms with E-state index in [-0.39, 0.29) is 30.4 Å². The molecule has 2 atom stereocenters. The summed E-state index contributed by atoms with van der Waals surface area (Å²) >= 11 is 1.54. The van der Waals surface area contributed by atoms with Crippen LogP contribution in [0.3, 0.4) is 0 Å². The predicted octanol–water partition coefficient (Wildman–Crippen LogP) is 1.91. The highest BCUT2D eigenvalue weighted by molar-refractivity contribution is 8.04. The van der Waals surface area contributed by atoms with Crippen molar-refractivity contribution >= 4 is 47.1 Å². The molecular weight excluding hydrogens is 410 g/mol. The zero-order valence-electron chi connectivity index (χ0n) is 15.4. The molecule has 3 aromatic rings. The molecular formula is C19H20ClN7OS. The highest BCUT2D eigenvalue weighted by atomic mass is 35.5. The number of benzene rings is 1. The lowest BCUT2D eigenvalue weighted by Crippen LogP contribution is -2.42. The molecule has 1 aliphatic heterocycles.